The van der Waals surface area contributed by atoms with Gasteiger partial charge in [-0.3, -0.25) is 9.69 Å². The Morgan fingerprint density at radius 3 is 2.81 bits per heavy atom. The van der Waals surface area contributed by atoms with Crippen molar-refractivity contribution in [2.24, 2.45) is 5.41 Å². The van der Waals surface area contributed by atoms with Crippen LogP contribution in [0.2, 0.25) is 0 Å². The lowest BCUT2D eigenvalue weighted by Gasteiger charge is -2.23. The summed E-state index contributed by atoms with van der Waals surface area (Å²) in [4.78, 5) is 14.2. The lowest BCUT2D eigenvalue weighted by molar-refractivity contribution is -0.143. The third kappa shape index (κ3) is 3.46. The Labute approximate surface area is 127 Å². The van der Waals surface area contributed by atoms with Gasteiger partial charge < -0.3 is 4.74 Å². The van der Waals surface area contributed by atoms with Crippen LogP contribution in [-0.2, 0) is 11.2 Å². The van der Waals surface area contributed by atoms with Gasteiger partial charge in [-0.25, -0.2) is 0 Å². The highest BCUT2D eigenvalue weighted by molar-refractivity contribution is 5.77. The van der Waals surface area contributed by atoms with Gasteiger partial charge in [0.05, 0.1) is 12.0 Å². The highest BCUT2D eigenvalue weighted by Crippen LogP contribution is 2.37. The number of benzene rings is 1. The van der Waals surface area contributed by atoms with E-state index in [0.717, 1.165) is 12.8 Å². The van der Waals surface area contributed by atoms with E-state index < -0.39 is 5.41 Å². The minimum Gasteiger partial charge on any atom is -0.426 e. The fourth-order valence-corrected chi connectivity index (χ4v) is 2.59. The van der Waals surface area contributed by atoms with Gasteiger partial charge in [0.15, 0.2) is 0 Å². The van der Waals surface area contributed by atoms with Crippen LogP contribution in [0.3, 0.4) is 0 Å². The molecule has 3 heteroatoms. The number of ether oxygens (including phenoxy) is 1. The average molecular weight is 285 g/mol. The topological polar surface area (TPSA) is 29.5 Å². The molecule has 1 aliphatic rings. The van der Waals surface area contributed by atoms with Crippen molar-refractivity contribution in [3.05, 3.63) is 29.3 Å². The van der Waals surface area contributed by atoms with E-state index in [1.165, 1.54) is 11.1 Å². The summed E-state index contributed by atoms with van der Waals surface area (Å²) in [5, 5.41) is 0. The van der Waals surface area contributed by atoms with Gasteiger partial charge in [0.1, 0.15) is 5.75 Å². The van der Waals surface area contributed by atoms with Gasteiger partial charge in [-0.05, 0) is 63.9 Å². The Bertz CT molecular complexity index is 578. The smallest absolute Gasteiger partial charge is 0.316 e. The van der Waals surface area contributed by atoms with Crippen LogP contribution in [0.4, 0.5) is 0 Å². The van der Waals surface area contributed by atoms with E-state index in [4.69, 9.17) is 11.2 Å². The van der Waals surface area contributed by atoms with Crippen LogP contribution in [0.1, 0.15) is 44.4 Å². The molecule has 0 saturated heterocycles. The van der Waals surface area contributed by atoms with Crippen LogP contribution < -0.4 is 4.74 Å². The van der Waals surface area contributed by atoms with Crippen molar-refractivity contribution >= 4 is 5.97 Å². The molecule has 0 fully saturated rings. The second kappa shape index (κ2) is 5.91. The van der Waals surface area contributed by atoms with E-state index in [1.807, 2.05) is 40.0 Å². The summed E-state index contributed by atoms with van der Waals surface area (Å²) in [5.74, 6) is 3.09. The fourth-order valence-electron chi connectivity index (χ4n) is 2.59. The molecule has 0 heterocycles. The SMILES string of the molecule is C#CCN(C)C1CCc2ccc(OC(=O)C(C)(C)C)cc21. The summed E-state index contributed by atoms with van der Waals surface area (Å²) in [7, 11) is 2.04. The van der Waals surface area contributed by atoms with E-state index in [-0.39, 0.29) is 5.97 Å². The minimum atomic E-state index is -0.501. The normalized spacial score (nSPS) is 17.4. The van der Waals surface area contributed by atoms with Gasteiger partial charge in [0.2, 0.25) is 0 Å². The first-order valence-corrected chi connectivity index (χ1v) is 7.31. The Balaban J connectivity index is 2.21. The number of fused-ring (bicyclic) bond motifs is 1. The highest BCUT2D eigenvalue weighted by atomic mass is 16.5. The lowest BCUT2D eigenvalue weighted by atomic mass is 9.97. The quantitative estimate of drug-likeness (QED) is 0.485. The van der Waals surface area contributed by atoms with Gasteiger partial charge >= 0.3 is 5.97 Å². The summed E-state index contributed by atoms with van der Waals surface area (Å²) in [6.45, 7) is 6.18. The van der Waals surface area contributed by atoms with E-state index in [1.54, 1.807) is 0 Å². The van der Waals surface area contributed by atoms with Crippen molar-refractivity contribution in [1.82, 2.24) is 4.90 Å². The molecule has 0 saturated carbocycles. The average Bonchev–Trinajstić information content (AvgIpc) is 2.81. The number of carbonyl (C=O) groups excluding carboxylic acids is 1. The zero-order valence-electron chi connectivity index (χ0n) is 13.3. The summed E-state index contributed by atoms with van der Waals surface area (Å²) in [6.07, 6.45) is 7.50. The Morgan fingerprint density at radius 2 is 2.19 bits per heavy atom. The van der Waals surface area contributed by atoms with Gasteiger partial charge in [0, 0.05) is 6.04 Å². The summed E-state index contributed by atoms with van der Waals surface area (Å²) in [6, 6.07) is 6.24. The van der Waals surface area contributed by atoms with Crippen LogP contribution in [-0.4, -0.2) is 24.5 Å². The maximum absolute atomic E-state index is 12.0. The van der Waals surface area contributed by atoms with Crippen molar-refractivity contribution < 1.29 is 9.53 Å². The second-order valence-corrected chi connectivity index (χ2v) is 6.67. The Hall–Kier alpha value is -1.79. The largest absolute Gasteiger partial charge is 0.426 e. The Kier molecular flexibility index (Phi) is 4.39. The summed E-state index contributed by atoms with van der Waals surface area (Å²) in [5.41, 5.74) is 2.05. The molecule has 0 aliphatic heterocycles. The second-order valence-electron chi connectivity index (χ2n) is 6.67. The van der Waals surface area contributed by atoms with E-state index in [9.17, 15) is 4.79 Å². The van der Waals surface area contributed by atoms with E-state index in [2.05, 4.69) is 16.9 Å². The van der Waals surface area contributed by atoms with Crippen LogP contribution in [0, 0.1) is 17.8 Å². The number of hydrogen-bond donors (Lipinski definition) is 0. The molecule has 0 radical (unpaired) electrons. The highest BCUT2D eigenvalue weighted by Gasteiger charge is 2.28. The van der Waals surface area contributed by atoms with Crippen LogP contribution >= 0.6 is 0 Å². The molecule has 21 heavy (non-hydrogen) atoms. The maximum Gasteiger partial charge on any atom is 0.316 e. The van der Waals surface area contributed by atoms with Crippen LogP contribution in [0.5, 0.6) is 5.75 Å². The zero-order valence-corrected chi connectivity index (χ0v) is 13.3. The van der Waals surface area contributed by atoms with Crippen LogP contribution in [0.25, 0.3) is 0 Å². The van der Waals surface area contributed by atoms with Gasteiger partial charge in [-0.2, -0.15) is 0 Å². The van der Waals surface area contributed by atoms with Crippen LogP contribution in [0.15, 0.2) is 18.2 Å². The number of rotatable bonds is 3. The summed E-state index contributed by atoms with van der Waals surface area (Å²) >= 11 is 0. The molecule has 0 amide bonds. The number of carbonyl (C=O) groups is 1. The zero-order chi connectivity index (χ0) is 15.6. The molecule has 0 N–H and O–H groups in total. The lowest BCUT2D eigenvalue weighted by Crippen LogP contribution is -2.26. The van der Waals surface area contributed by atoms with E-state index >= 15 is 0 Å². The molecule has 0 aromatic heterocycles. The Morgan fingerprint density at radius 1 is 1.48 bits per heavy atom. The molecule has 1 unspecified atom stereocenters. The number of aryl methyl sites for hydroxylation is 1. The predicted octanol–water partition coefficient (Wildman–Crippen LogP) is 3.19. The molecule has 3 nitrogen and oxygen atoms in total. The number of esters is 1. The summed E-state index contributed by atoms with van der Waals surface area (Å²) < 4.78 is 5.49. The third-order valence-electron chi connectivity index (χ3n) is 3.86. The fraction of sp³-hybridized carbons (Fsp3) is 0.500. The van der Waals surface area contributed by atoms with Crippen molar-refractivity contribution in [2.45, 2.75) is 39.7 Å². The standard InChI is InChI=1S/C18H23NO2/c1-6-11-19(5)16-10-8-13-7-9-14(12-15(13)16)21-17(20)18(2,3)4/h1,7,9,12,16H,8,10-11H2,2-5H3. The monoisotopic (exact) mass is 285 g/mol. The first-order valence-electron chi connectivity index (χ1n) is 7.31. The van der Waals surface area contributed by atoms with Crippen molar-refractivity contribution in [3.63, 3.8) is 0 Å². The molecular weight excluding hydrogens is 262 g/mol. The molecule has 2 rings (SSSR count). The maximum atomic E-state index is 12.0. The van der Waals surface area contributed by atoms with Gasteiger partial charge in [-0.1, -0.05) is 12.0 Å². The molecule has 0 spiro atoms. The number of nitrogens with zero attached hydrogens (tertiary/aromatic N) is 1. The molecule has 1 aliphatic carbocycles. The molecule has 1 aromatic carbocycles. The number of terminal acetylenes is 1. The van der Waals surface area contributed by atoms with Gasteiger partial charge in [-0.15, -0.1) is 6.42 Å². The molecule has 112 valence electrons. The molecule has 0 bridgehead atoms. The van der Waals surface area contributed by atoms with Crippen molar-refractivity contribution in [1.29, 1.82) is 0 Å². The molecule has 1 atom stereocenters. The van der Waals surface area contributed by atoms with Crippen molar-refractivity contribution in [3.8, 4) is 18.1 Å². The first-order chi connectivity index (χ1) is 9.82. The van der Waals surface area contributed by atoms with Crippen molar-refractivity contribution in [2.75, 3.05) is 13.6 Å². The predicted molar refractivity (Wildman–Crippen MR) is 84.1 cm³/mol. The minimum absolute atomic E-state index is 0.214. The van der Waals surface area contributed by atoms with Gasteiger partial charge in [0.25, 0.3) is 0 Å². The van der Waals surface area contributed by atoms with E-state index in [0.29, 0.717) is 18.3 Å². The molecular formula is C18H23NO2. The number of hydrogen-bond acceptors (Lipinski definition) is 3. The molecule has 1 aromatic rings. The third-order valence-corrected chi connectivity index (χ3v) is 3.86. The first kappa shape index (κ1) is 15.6.